The molecule has 0 saturated heterocycles. The summed E-state index contributed by atoms with van der Waals surface area (Å²) in [7, 11) is 0. The van der Waals surface area contributed by atoms with Gasteiger partial charge in [-0.1, -0.05) is 112 Å². The van der Waals surface area contributed by atoms with Gasteiger partial charge in [-0.2, -0.15) is 6.42 Å². The first kappa shape index (κ1) is 35.3. The Morgan fingerprint density at radius 1 is 0.514 bits per heavy atom. The van der Waals surface area contributed by atoms with Crippen LogP contribution in [-0.2, 0) is 44.1 Å². The van der Waals surface area contributed by atoms with Crippen LogP contribution in [0.5, 0.6) is 0 Å². The zero-order chi connectivity index (χ0) is 25.8. The summed E-state index contributed by atoms with van der Waals surface area (Å²) in [6, 6.07) is 10.3. The third-order valence-corrected chi connectivity index (χ3v) is 7.78. The van der Waals surface area contributed by atoms with Crippen LogP contribution in [0.1, 0.15) is 100 Å². The van der Waals surface area contributed by atoms with E-state index in [2.05, 4.69) is 88.3 Å². The first-order valence-corrected chi connectivity index (χ1v) is 12.8. The van der Waals surface area contributed by atoms with Gasteiger partial charge in [0.1, 0.15) is 0 Å². The zero-order valence-electron chi connectivity index (χ0n) is 24.3. The molecule has 2 fully saturated rings. The van der Waals surface area contributed by atoms with Crippen LogP contribution in [0.4, 0.5) is 0 Å². The molecule has 0 unspecified atom stereocenters. The maximum Gasteiger partial charge on any atom is 0.0716 e. The number of unbranched alkanes of at least 4 members (excludes halogenated alkanes) is 3. The number of rotatable bonds is 7. The molecule has 2 aliphatic carbocycles. The molecule has 0 heterocycles. The van der Waals surface area contributed by atoms with Gasteiger partial charge in [0, 0.05) is 39.3 Å². The summed E-state index contributed by atoms with van der Waals surface area (Å²) in [6.07, 6.45) is 4.65. The topological polar surface area (TPSA) is 9.23 Å². The zero-order valence-corrected chi connectivity index (χ0v) is 27.2. The summed E-state index contributed by atoms with van der Waals surface area (Å²) < 4.78 is 5.55. The van der Waals surface area contributed by atoms with Gasteiger partial charge in [-0.05, 0) is 71.2 Å². The fraction of sp³-hybridized carbons (Fsp3) is 0.485. The molecule has 0 aromatic heterocycles. The molecule has 1 nitrogen and oxygen atoms in total. The molecule has 35 heavy (non-hydrogen) atoms. The van der Waals surface area contributed by atoms with E-state index in [0.29, 0.717) is 0 Å². The molecule has 2 heteroatoms. The molecule has 2 saturated carbocycles. The Labute approximate surface area is 246 Å². The predicted molar refractivity (Wildman–Crippen MR) is 149 cm³/mol. The van der Waals surface area contributed by atoms with Crippen molar-refractivity contribution in [2.75, 3.05) is 6.61 Å². The van der Waals surface area contributed by atoms with Crippen molar-refractivity contribution in [3.05, 3.63) is 102 Å². The molecule has 1 aromatic rings. The van der Waals surface area contributed by atoms with Gasteiger partial charge in [0.15, 0.2) is 0 Å². The number of ether oxygens (including phenoxy) is 1. The van der Waals surface area contributed by atoms with Gasteiger partial charge in [0.05, 0.1) is 6.61 Å². The maximum absolute atomic E-state index is 5.55. The third-order valence-electron chi connectivity index (χ3n) is 7.78. The summed E-state index contributed by atoms with van der Waals surface area (Å²) in [5, 5.41) is 0. The number of benzene rings is 1. The van der Waals surface area contributed by atoms with Crippen molar-refractivity contribution in [1.29, 1.82) is 0 Å². The summed E-state index contributed by atoms with van der Waals surface area (Å²) in [4.78, 5) is 0. The summed E-state index contributed by atoms with van der Waals surface area (Å²) in [5.41, 5.74) is 1.25. The monoisotopic (exact) mass is 550 g/mol. The standard InChI is InChI=1S/C13H19O.2C10H15.Y/c1-2-3-4-8-11-14-12-13-9-6-5-7-10-13;2*1-6-7(2)9(4)10(5)8(6)3;/h5-7,9-10H,1-4,8,11-12H2;2*1-5H3;/q-1;;;. The van der Waals surface area contributed by atoms with Crippen LogP contribution in [-0.4, -0.2) is 6.61 Å². The Hall–Kier alpha value is 0.284. The van der Waals surface area contributed by atoms with E-state index in [1.807, 2.05) is 18.2 Å². The molecule has 1 aromatic carbocycles. The first-order chi connectivity index (χ1) is 16.0. The smallest absolute Gasteiger partial charge is 0.0716 e. The van der Waals surface area contributed by atoms with Crippen LogP contribution in [0.25, 0.3) is 0 Å². The molecule has 3 rings (SSSR count). The van der Waals surface area contributed by atoms with Crippen LogP contribution in [0.15, 0.2) is 30.3 Å². The van der Waals surface area contributed by atoms with Gasteiger partial charge in [-0.25, -0.2) is 0 Å². The number of hydrogen-bond donors (Lipinski definition) is 0. The summed E-state index contributed by atoms with van der Waals surface area (Å²) >= 11 is 0. The second-order valence-electron chi connectivity index (χ2n) is 9.70. The molecule has 0 N–H and O–H groups in total. The average Bonchev–Trinajstić information content (AvgIpc) is 3.12. The average molecular weight is 551 g/mol. The van der Waals surface area contributed by atoms with Gasteiger partial charge < -0.3 is 11.7 Å². The summed E-state index contributed by atoms with van der Waals surface area (Å²) in [5.74, 6) is 14.7. The fourth-order valence-electron chi connectivity index (χ4n) is 4.13. The Kier molecular flexibility index (Phi) is 18.7. The van der Waals surface area contributed by atoms with E-state index in [4.69, 9.17) is 4.74 Å². The van der Waals surface area contributed by atoms with Gasteiger partial charge in [0.25, 0.3) is 0 Å². The van der Waals surface area contributed by atoms with Crippen LogP contribution in [0.3, 0.4) is 0 Å². The van der Waals surface area contributed by atoms with Crippen molar-refractivity contribution in [2.24, 2.45) is 0 Å². The second kappa shape index (κ2) is 18.5. The minimum Gasteiger partial charge on any atom is -0.377 e. The van der Waals surface area contributed by atoms with E-state index < -0.39 is 0 Å². The van der Waals surface area contributed by atoms with Crippen molar-refractivity contribution >= 4 is 0 Å². The van der Waals surface area contributed by atoms with Crippen molar-refractivity contribution in [3.8, 4) is 0 Å². The van der Waals surface area contributed by atoms with E-state index in [9.17, 15) is 0 Å². The van der Waals surface area contributed by atoms with E-state index in [-0.39, 0.29) is 32.7 Å². The largest absolute Gasteiger partial charge is 0.377 e. The van der Waals surface area contributed by atoms with Crippen molar-refractivity contribution in [2.45, 2.75) is 102 Å². The van der Waals surface area contributed by atoms with Crippen LogP contribution in [0, 0.1) is 66.1 Å². The quantitative estimate of drug-likeness (QED) is 0.243. The molecule has 0 atom stereocenters. The summed E-state index contributed by atoms with van der Waals surface area (Å²) in [6.45, 7) is 27.4. The van der Waals surface area contributed by atoms with E-state index in [1.165, 1.54) is 77.6 Å². The second-order valence-corrected chi connectivity index (χ2v) is 9.70. The first-order valence-electron chi connectivity index (χ1n) is 12.8. The van der Waals surface area contributed by atoms with Gasteiger partial charge in [-0.15, -0.1) is 0 Å². The minimum atomic E-state index is 0. The van der Waals surface area contributed by atoms with Crippen LogP contribution >= 0.6 is 0 Å². The molecular formula is C33H49OY-. The van der Waals surface area contributed by atoms with Crippen LogP contribution < -0.4 is 0 Å². The Bertz CT molecular complexity index is 512. The Balaban J connectivity index is 0.000000499. The van der Waals surface area contributed by atoms with Crippen molar-refractivity contribution in [1.82, 2.24) is 0 Å². The van der Waals surface area contributed by atoms with Crippen molar-refractivity contribution in [3.63, 3.8) is 0 Å². The van der Waals surface area contributed by atoms with Gasteiger partial charge in [-0.3, -0.25) is 0 Å². The van der Waals surface area contributed by atoms with E-state index in [0.717, 1.165) is 26.1 Å². The molecule has 0 bridgehead atoms. The number of hydrogen-bond acceptors (Lipinski definition) is 1. The Morgan fingerprint density at radius 3 is 1.17 bits per heavy atom. The third kappa shape index (κ3) is 11.3. The minimum absolute atomic E-state index is 0. The molecule has 191 valence electrons. The molecule has 11 radical (unpaired) electrons. The fourth-order valence-corrected chi connectivity index (χ4v) is 4.13. The SMILES string of the molecule is C[C]1[C](C)[C](C)[C](C)[C]1C.C[C]1[C](C)[C](C)[C](C)[C]1C.[CH2-]CCCCCOCc1ccccc1.[Y]. The van der Waals surface area contributed by atoms with Gasteiger partial charge in [0.2, 0.25) is 0 Å². The Morgan fingerprint density at radius 2 is 0.857 bits per heavy atom. The van der Waals surface area contributed by atoms with Gasteiger partial charge >= 0.3 is 0 Å². The predicted octanol–water partition coefficient (Wildman–Crippen LogP) is 9.54. The molecular weight excluding hydrogens is 501 g/mol. The molecule has 0 spiro atoms. The molecule has 2 aliphatic rings. The normalized spacial score (nSPS) is 20.4. The van der Waals surface area contributed by atoms with Crippen molar-refractivity contribution < 1.29 is 37.4 Å². The maximum atomic E-state index is 5.55. The molecule has 0 aliphatic heterocycles. The van der Waals surface area contributed by atoms with Crippen LogP contribution in [0.2, 0.25) is 0 Å². The molecule has 0 amide bonds. The van der Waals surface area contributed by atoms with E-state index >= 15 is 0 Å². The van der Waals surface area contributed by atoms with E-state index in [1.54, 1.807) is 0 Å².